The maximum absolute atomic E-state index is 11.5. The molecule has 3 heteroatoms. The number of likely N-dealkylation sites (N-methyl/N-ethyl adjacent to an activating group) is 1. The van der Waals surface area contributed by atoms with Crippen LogP contribution in [-0.4, -0.2) is 53.8 Å². The molecule has 2 unspecified atom stereocenters. The molecule has 2 atom stereocenters. The molecule has 2 aliphatic rings. The lowest BCUT2D eigenvalue weighted by molar-refractivity contribution is -0.123. The normalized spacial score (nSPS) is 34.4. The van der Waals surface area contributed by atoms with Gasteiger partial charge in [-0.25, -0.2) is 0 Å². The number of hydrogen-bond acceptors (Lipinski definition) is 3. The van der Waals surface area contributed by atoms with Crippen molar-refractivity contribution in [2.75, 3.05) is 26.7 Å². The van der Waals surface area contributed by atoms with Gasteiger partial charge in [0.05, 0.1) is 6.04 Å². The largest absolute Gasteiger partial charge is 0.299 e. The average molecular weight is 224 g/mol. The highest BCUT2D eigenvalue weighted by Gasteiger charge is 2.43. The molecule has 0 saturated carbocycles. The van der Waals surface area contributed by atoms with Gasteiger partial charge in [-0.2, -0.15) is 0 Å². The molecule has 0 aromatic rings. The van der Waals surface area contributed by atoms with Crippen LogP contribution < -0.4 is 0 Å². The zero-order valence-corrected chi connectivity index (χ0v) is 10.8. The van der Waals surface area contributed by atoms with E-state index >= 15 is 0 Å². The van der Waals surface area contributed by atoms with Crippen LogP contribution in [0.2, 0.25) is 0 Å². The van der Waals surface area contributed by atoms with E-state index in [9.17, 15) is 4.79 Å². The first-order valence-electron chi connectivity index (χ1n) is 6.51. The summed E-state index contributed by atoms with van der Waals surface area (Å²) in [6.45, 7) is 7.17. The number of hydrogen-bond donors (Lipinski definition) is 0. The Balaban J connectivity index is 2.06. The van der Waals surface area contributed by atoms with Gasteiger partial charge >= 0.3 is 0 Å². The van der Waals surface area contributed by atoms with Crippen molar-refractivity contribution in [1.29, 1.82) is 0 Å². The summed E-state index contributed by atoms with van der Waals surface area (Å²) < 4.78 is 0. The van der Waals surface area contributed by atoms with Crippen LogP contribution in [0.25, 0.3) is 0 Å². The van der Waals surface area contributed by atoms with E-state index in [2.05, 4.69) is 23.8 Å². The van der Waals surface area contributed by atoms with Crippen LogP contribution in [0.1, 0.15) is 39.5 Å². The highest BCUT2D eigenvalue weighted by atomic mass is 16.1. The Morgan fingerprint density at radius 1 is 1.25 bits per heavy atom. The second-order valence-corrected chi connectivity index (χ2v) is 5.61. The number of carbonyl (C=O) groups excluding carboxylic acids is 1. The van der Waals surface area contributed by atoms with Gasteiger partial charge in [0, 0.05) is 12.1 Å². The first-order valence-corrected chi connectivity index (χ1v) is 6.51. The van der Waals surface area contributed by atoms with Gasteiger partial charge in [0.15, 0.2) is 0 Å². The Labute approximate surface area is 98.8 Å². The van der Waals surface area contributed by atoms with E-state index in [1.807, 2.05) is 0 Å². The average Bonchev–Trinajstić information content (AvgIpc) is 2.59. The van der Waals surface area contributed by atoms with Crippen molar-refractivity contribution >= 4 is 5.78 Å². The summed E-state index contributed by atoms with van der Waals surface area (Å²) in [6.07, 6.45) is 5.18. The van der Waals surface area contributed by atoms with Crippen molar-refractivity contribution in [2.24, 2.45) is 0 Å². The minimum Gasteiger partial charge on any atom is -0.299 e. The molecular formula is C13H24N2O. The standard InChI is InChI=1S/C13H24N2O/c1-11(12(2)16)15-9-5-7-13(10-15)6-4-8-14(13)3/h11H,4-10H2,1-3H3. The Kier molecular flexibility index (Phi) is 3.36. The van der Waals surface area contributed by atoms with Crippen LogP contribution in [-0.2, 0) is 4.79 Å². The number of nitrogens with zero attached hydrogens (tertiary/aromatic N) is 2. The van der Waals surface area contributed by atoms with Crippen molar-refractivity contribution in [1.82, 2.24) is 9.80 Å². The Bertz CT molecular complexity index is 279. The number of ketones is 1. The second-order valence-electron chi connectivity index (χ2n) is 5.61. The van der Waals surface area contributed by atoms with Gasteiger partial charge in [0.1, 0.15) is 5.78 Å². The van der Waals surface area contributed by atoms with Gasteiger partial charge in [-0.05, 0) is 59.7 Å². The minimum absolute atomic E-state index is 0.103. The third-order valence-corrected chi connectivity index (χ3v) is 4.67. The van der Waals surface area contributed by atoms with Gasteiger partial charge in [-0.1, -0.05) is 0 Å². The molecule has 2 heterocycles. The van der Waals surface area contributed by atoms with Crippen LogP contribution in [0.15, 0.2) is 0 Å². The van der Waals surface area contributed by atoms with Crippen molar-refractivity contribution < 1.29 is 4.79 Å². The number of piperidine rings is 1. The Morgan fingerprint density at radius 3 is 2.44 bits per heavy atom. The van der Waals surface area contributed by atoms with Crippen molar-refractivity contribution in [3.05, 3.63) is 0 Å². The summed E-state index contributed by atoms with van der Waals surface area (Å²) in [7, 11) is 2.24. The zero-order chi connectivity index (χ0) is 11.8. The molecule has 92 valence electrons. The Hall–Kier alpha value is -0.410. The molecule has 0 aromatic heterocycles. The van der Waals surface area contributed by atoms with E-state index in [4.69, 9.17) is 0 Å². The number of carbonyl (C=O) groups is 1. The summed E-state index contributed by atoms with van der Waals surface area (Å²) in [5.41, 5.74) is 0.377. The SMILES string of the molecule is CC(=O)C(C)N1CCCC2(CCCN2C)C1. The quantitative estimate of drug-likeness (QED) is 0.710. The highest BCUT2D eigenvalue weighted by Crippen LogP contribution is 2.36. The molecule has 0 N–H and O–H groups in total. The molecule has 2 rings (SSSR count). The van der Waals surface area contributed by atoms with Gasteiger partial charge in [0.2, 0.25) is 0 Å². The number of Topliss-reactive ketones (excluding diaryl/α,β-unsaturated/α-hetero) is 1. The van der Waals surface area contributed by atoms with E-state index in [1.54, 1.807) is 6.92 Å². The molecular weight excluding hydrogens is 200 g/mol. The van der Waals surface area contributed by atoms with Crippen molar-refractivity contribution in [3.63, 3.8) is 0 Å². The number of likely N-dealkylation sites (tertiary alicyclic amines) is 2. The molecule has 2 aliphatic heterocycles. The summed E-state index contributed by atoms with van der Waals surface area (Å²) in [5.74, 6) is 0.303. The second kappa shape index (κ2) is 4.46. The lowest BCUT2D eigenvalue weighted by Gasteiger charge is -2.46. The molecule has 0 bridgehead atoms. The van der Waals surface area contributed by atoms with E-state index in [0.717, 1.165) is 13.1 Å². The van der Waals surface area contributed by atoms with Gasteiger partial charge in [0.25, 0.3) is 0 Å². The summed E-state index contributed by atoms with van der Waals surface area (Å²) >= 11 is 0. The predicted molar refractivity (Wildman–Crippen MR) is 65.5 cm³/mol. The molecule has 0 amide bonds. The molecule has 1 spiro atoms. The van der Waals surface area contributed by atoms with Gasteiger partial charge in [-0.15, -0.1) is 0 Å². The molecule has 0 radical (unpaired) electrons. The molecule has 0 aliphatic carbocycles. The van der Waals surface area contributed by atoms with Crippen molar-refractivity contribution in [3.8, 4) is 0 Å². The maximum atomic E-state index is 11.5. The minimum atomic E-state index is 0.103. The molecule has 2 fully saturated rings. The fourth-order valence-corrected chi connectivity index (χ4v) is 3.32. The predicted octanol–water partition coefficient (Wildman–Crippen LogP) is 1.52. The zero-order valence-electron chi connectivity index (χ0n) is 10.8. The lowest BCUT2D eigenvalue weighted by atomic mass is 9.86. The van der Waals surface area contributed by atoms with Crippen molar-refractivity contribution in [2.45, 2.75) is 51.1 Å². The van der Waals surface area contributed by atoms with Crippen LogP contribution in [0.3, 0.4) is 0 Å². The molecule has 3 nitrogen and oxygen atoms in total. The monoisotopic (exact) mass is 224 g/mol. The van der Waals surface area contributed by atoms with Gasteiger partial charge < -0.3 is 0 Å². The highest BCUT2D eigenvalue weighted by molar-refractivity contribution is 5.80. The Morgan fingerprint density at radius 2 is 1.88 bits per heavy atom. The maximum Gasteiger partial charge on any atom is 0.146 e. The molecule has 0 aromatic carbocycles. The first-order chi connectivity index (χ1) is 7.55. The summed E-state index contributed by atoms with van der Waals surface area (Å²) in [6, 6.07) is 0.103. The summed E-state index contributed by atoms with van der Waals surface area (Å²) in [4.78, 5) is 16.4. The van der Waals surface area contributed by atoms with E-state index in [1.165, 1.54) is 32.2 Å². The third-order valence-electron chi connectivity index (χ3n) is 4.67. The fraction of sp³-hybridized carbons (Fsp3) is 0.923. The smallest absolute Gasteiger partial charge is 0.146 e. The van der Waals surface area contributed by atoms with Gasteiger partial charge in [-0.3, -0.25) is 14.6 Å². The van der Waals surface area contributed by atoms with Crippen LogP contribution >= 0.6 is 0 Å². The molecule has 2 saturated heterocycles. The number of rotatable bonds is 2. The van der Waals surface area contributed by atoms with Crippen LogP contribution in [0.4, 0.5) is 0 Å². The van der Waals surface area contributed by atoms with Crippen LogP contribution in [0.5, 0.6) is 0 Å². The first kappa shape index (κ1) is 12.1. The summed E-state index contributed by atoms with van der Waals surface area (Å²) in [5, 5.41) is 0. The topological polar surface area (TPSA) is 23.6 Å². The van der Waals surface area contributed by atoms with Crippen LogP contribution in [0, 0.1) is 0 Å². The fourth-order valence-electron chi connectivity index (χ4n) is 3.32. The third kappa shape index (κ3) is 2.03. The van der Waals surface area contributed by atoms with E-state index in [-0.39, 0.29) is 6.04 Å². The molecule has 16 heavy (non-hydrogen) atoms. The lowest BCUT2D eigenvalue weighted by Crippen LogP contribution is -2.57. The van der Waals surface area contributed by atoms with E-state index < -0.39 is 0 Å². The van der Waals surface area contributed by atoms with E-state index in [0.29, 0.717) is 11.3 Å².